The first-order chi connectivity index (χ1) is 11.0. The van der Waals surface area contributed by atoms with Gasteiger partial charge in [-0.3, -0.25) is 15.3 Å². The lowest BCUT2D eigenvalue weighted by Crippen LogP contribution is -2.19. The normalized spacial score (nSPS) is 10.3. The SMILES string of the molecule is CC(C)c1ccc(NC(=O)Oc2ccc(C(=O)NO)cc2)cc1. The van der Waals surface area contributed by atoms with Gasteiger partial charge < -0.3 is 4.74 Å². The largest absolute Gasteiger partial charge is 0.417 e. The van der Waals surface area contributed by atoms with E-state index in [1.54, 1.807) is 0 Å². The Bertz CT molecular complexity index is 679. The van der Waals surface area contributed by atoms with Crippen molar-refractivity contribution in [2.75, 3.05) is 5.32 Å². The predicted molar refractivity (Wildman–Crippen MR) is 85.9 cm³/mol. The van der Waals surface area contributed by atoms with E-state index < -0.39 is 12.0 Å². The van der Waals surface area contributed by atoms with Crippen molar-refractivity contribution in [1.82, 2.24) is 5.48 Å². The van der Waals surface area contributed by atoms with E-state index >= 15 is 0 Å². The Labute approximate surface area is 134 Å². The Morgan fingerprint density at radius 1 is 1.00 bits per heavy atom. The van der Waals surface area contributed by atoms with Crippen LogP contribution in [0.15, 0.2) is 48.5 Å². The standard InChI is InChI=1S/C17H18N2O4/c1-11(2)12-3-7-14(8-4-12)18-17(21)23-15-9-5-13(6-10-15)16(20)19-22/h3-11,22H,1-2H3,(H,18,21)(H,19,20). The molecule has 0 aliphatic carbocycles. The first kappa shape index (κ1) is 16.5. The van der Waals surface area contributed by atoms with Crippen LogP contribution in [0, 0.1) is 0 Å². The van der Waals surface area contributed by atoms with E-state index in [2.05, 4.69) is 19.2 Å². The van der Waals surface area contributed by atoms with Gasteiger partial charge in [-0.25, -0.2) is 10.3 Å². The minimum atomic E-state index is -0.633. The van der Waals surface area contributed by atoms with Gasteiger partial charge in [0.2, 0.25) is 0 Å². The highest BCUT2D eigenvalue weighted by molar-refractivity contribution is 5.93. The molecule has 0 aromatic heterocycles. The van der Waals surface area contributed by atoms with Gasteiger partial charge in [0, 0.05) is 11.3 Å². The zero-order chi connectivity index (χ0) is 16.8. The molecule has 0 radical (unpaired) electrons. The van der Waals surface area contributed by atoms with Crippen LogP contribution in [0.25, 0.3) is 0 Å². The molecule has 0 heterocycles. The van der Waals surface area contributed by atoms with Crippen molar-refractivity contribution >= 4 is 17.7 Å². The van der Waals surface area contributed by atoms with Crippen LogP contribution in [-0.2, 0) is 0 Å². The van der Waals surface area contributed by atoms with Gasteiger partial charge >= 0.3 is 6.09 Å². The number of carbonyl (C=O) groups is 2. The molecule has 0 saturated carbocycles. The van der Waals surface area contributed by atoms with Gasteiger partial charge in [0.25, 0.3) is 5.91 Å². The third kappa shape index (κ3) is 4.55. The second-order valence-electron chi connectivity index (χ2n) is 5.26. The predicted octanol–water partition coefficient (Wildman–Crippen LogP) is 3.54. The van der Waals surface area contributed by atoms with Crippen LogP contribution in [0.2, 0.25) is 0 Å². The highest BCUT2D eigenvalue weighted by Crippen LogP contribution is 2.18. The van der Waals surface area contributed by atoms with Crippen molar-refractivity contribution < 1.29 is 19.5 Å². The monoisotopic (exact) mass is 314 g/mol. The van der Waals surface area contributed by atoms with Gasteiger partial charge in [-0.05, 0) is 47.9 Å². The lowest BCUT2D eigenvalue weighted by Gasteiger charge is -2.09. The van der Waals surface area contributed by atoms with E-state index in [0.717, 1.165) is 0 Å². The number of ether oxygens (including phenoxy) is 1. The fraction of sp³-hybridized carbons (Fsp3) is 0.176. The van der Waals surface area contributed by atoms with Gasteiger partial charge in [-0.1, -0.05) is 26.0 Å². The Kier molecular flexibility index (Phi) is 5.32. The fourth-order valence-corrected chi connectivity index (χ4v) is 1.94. The molecule has 2 aromatic rings. The third-order valence-corrected chi connectivity index (χ3v) is 3.25. The zero-order valence-corrected chi connectivity index (χ0v) is 12.9. The molecule has 0 aliphatic rings. The number of benzene rings is 2. The molecule has 6 nitrogen and oxygen atoms in total. The molecule has 6 heteroatoms. The first-order valence-corrected chi connectivity index (χ1v) is 7.13. The van der Waals surface area contributed by atoms with Gasteiger partial charge in [-0.15, -0.1) is 0 Å². The van der Waals surface area contributed by atoms with Gasteiger partial charge in [0.15, 0.2) is 0 Å². The Morgan fingerprint density at radius 2 is 1.61 bits per heavy atom. The molecule has 3 N–H and O–H groups in total. The summed E-state index contributed by atoms with van der Waals surface area (Å²) < 4.78 is 5.12. The second-order valence-corrected chi connectivity index (χ2v) is 5.26. The number of hydrogen-bond donors (Lipinski definition) is 3. The van der Waals surface area contributed by atoms with Crippen LogP contribution in [0.5, 0.6) is 5.75 Å². The van der Waals surface area contributed by atoms with Crippen LogP contribution in [0.3, 0.4) is 0 Å². The first-order valence-electron chi connectivity index (χ1n) is 7.13. The number of amides is 2. The molecule has 2 amide bonds. The van der Waals surface area contributed by atoms with E-state index in [9.17, 15) is 9.59 Å². The number of carbonyl (C=O) groups excluding carboxylic acids is 2. The molecule has 2 aromatic carbocycles. The lowest BCUT2D eigenvalue weighted by molar-refractivity contribution is 0.0706. The Morgan fingerprint density at radius 3 is 2.13 bits per heavy atom. The summed E-state index contributed by atoms with van der Waals surface area (Å²) in [6.07, 6.45) is -0.623. The number of hydrogen-bond acceptors (Lipinski definition) is 4. The third-order valence-electron chi connectivity index (χ3n) is 3.25. The summed E-state index contributed by atoms with van der Waals surface area (Å²) in [5.41, 5.74) is 3.60. The molecule has 23 heavy (non-hydrogen) atoms. The number of anilines is 1. The number of rotatable bonds is 4. The second kappa shape index (κ2) is 7.42. The molecule has 0 aliphatic heterocycles. The quantitative estimate of drug-likeness (QED) is 0.595. The molecule has 2 rings (SSSR count). The summed E-state index contributed by atoms with van der Waals surface area (Å²) in [5.74, 6) is 0.0765. The van der Waals surface area contributed by atoms with Crippen LogP contribution >= 0.6 is 0 Å². The van der Waals surface area contributed by atoms with Crippen molar-refractivity contribution in [3.63, 3.8) is 0 Å². The van der Waals surface area contributed by atoms with E-state index in [4.69, 9.17) is 9.94 Å². The summed E-state index contributed by atoms with van der Waals surface area (Å²) in [4.78, 5) is 23.0. The number of hydroxylamine groups is 1. The number of nitrogens with one attached hydrogen (secondary N) is 2. The summed E-state index contributed by atoms with van der Waals surface area (Å²) in [7, 11) is 0. The Balaban J connectivity index is 1.95. The maximum Gasteiger partial charge on any atom is 0.417 e. The molecule has 0 atom stereocenters. The minimum Gasteiger partial charge on any atom is -0.410 e. The highest BCUT2D eigenvalue weighted by Gasteiger charge is 2.08. The molecule has 120 valence electrons. The lowest BCUT2D eigenvalue weighted by atomic mass is 10.0. The molecular weight excluding hydrogens is 296 g/mol. The molecule has 0 unspecified atom stereocenters. The van der Waals surface area contributed by atoms with Crippen molar-refractivity contribution in [3.8, 4) is 5.75 Å². The maximum absolute atomic E-state index is 11.8. The average Bonchev–Trinajstić information content (AvgIpc) is 2.55. The van der Waals surface area contributed by atoms with Crippen molar-refractivity contribution in [2.45, 2.75) is 19.8 Å². The van der Waals surface area contributed by atoms with Crippen molar-refractivity contribution in [2.24, 2.45) is 0 Å². The Hall–Kier alpha value is -2.86. The van der Waals surface area contributed by atoms with E-state index in [0.29, 0.717) is 11.6 Å². The fourth-order valence-electron chi connectivity index (χ4n) is 1.94. The van der Waals surface area contributed by atoms with Crippen LogP contribution in [-0.4, -0.2) is 17.2 Å². The highest BCUT2D eigenvalue weighted by atomic mass is 16.6. The summed E-state index contributed by atoms with van der Waals surface area (Å²) >= 11 is 0. The van der Waals surface area contributed by atoms with Crippen LogP contribution < -0.4 is 15.5 Å². The smallest absolute Gasteiger partial charge is 0.410 e. The van der Waals surface area contributed by atoms with Gasteiger partial charge in [-0.2, -0.15) is 0 Å². The van der Waals surface area contributed by atoms with Crippen LogP contribution in [0.4, 0.5) is 10.5 Å². The molecule has 0 saturated heterocycles. The van der Waals surface area contributed by atoms with E-state index in [1.165, 1.54) is 35.3 Å². The van der Waals surface area contributed by atoms with Gasteiger partial charge in [0.1, 0.15) is 5.75 Å². The molecular formula is C17H18N2O4. The summed E-state index contributed by atoms with van der Waals surface area (Å²) in [5, 5.41) is 11.2. The van der Waals surface area contributed by atoms with E-state index in [1.807, 2.05) is 24.3 Å². The molecule has 0 fully saturated rings. The van der Waals surface area contributed by atoms with Gasteiger partial charge in [0.05, 0.1) is 0 Å². The topological polar surface area (TPSA) is 87.7 Å². The maximum atomic E-state index is 11.8. The zero-order valence-electron chi connectivity index (χ0n) is 12.9. The average molecular weight is 314 g/mol. The molecule has 0 spiro atoms. The minimum absolute atomic E-state index is 0.254. The van der Waals surface area contributed by atoms with Crippen molar-refractivity contribution in [1.29, 1.82) is 0 Å². The van der Waals surface area contributed by atoms with E-state index in [-0.39, 0.29) is 11.3 Å². The summed E-state index contributed by atoms with van der Waals surface area (Å²) in [6.45, 7) is 4.19. The molecule has 0 bridgehead atoms. The van der Waals surface area contributed by atoms with Crippen LogP contribution in [0.1, 0.15) is 35.7 Å². The summed E-state index contributed by atoms with van der Waals surface area (Å²) in [6, 6.07) is 13.3. The van der Waals surface area contributed by atoms with Crippen molar-refractivity contribution in [3.05, 3.63) is 59.7 Å².